The van der Waals surface area contributed by atoms with Gasteiger partial charge in [0.15, 0.2) is 0 Å². The summed E-state index contributed by atoms with van der Waals surface area (Å²) in [6.45, 7) is 5.77. The van der Waals surface area contributed by atoms with E-state index < -0.39 is 0 Å². The molecule has 2 unspecified atom stereocenters. The van der Waals surface area contributed by atoms with Gasteiger partial charge in [0.2, 0.25) is 0 Å². The fourth-order valence-electron chi connectivity index (χ4n) is 3.71. The van der Waals surface area contributed by atoms with Crippen LogP contribution in [0.5, 0.6) is 0 Å². The van der Waals surface area contributed by atoms with Gasteiger partial charge in [0.05, 0.1) is 0 Å². The lowest BCUT2D eigenvalue weighted by Gasteiger charge is -2.32. The summed E-state index contributed by atoms with van der Waals surface area (Å²) in [7, 11) is 0. The van der Waals surface area contributed by atoms with Gasteiger partial charge in [0.1, 0.15) is 0 Å². The van der Waals surface area contributed by atoms with Gasteiger partial charge in [-0.3, -0.25) is 0 Å². The van der Waals surface area contributed by atoms with Gasteiger partial charge in [-0.1, -0.05) is 13.8 Å². The Hall–Kier alpha value is -0.340. The maximum Gasteiger partial charge on any atom is 0.00106 e. The van der Waals surface area contributed by atoms with E-state index in [9.17, 15) is 0 Å². The maximum absolute atomic E-state index is 3.70. The summed E-state index contributed by atoms with van der Waals surface area (Å²) in [6.07, 6.45) is 7.17. The summed E-state index contributed by atoms with van der Waals surface area (Å²) in [6, 6.07) is 2.92. The predicted octanol–water partition coefficient (Wildman–Crippen LogP) is 4.10. The van der Waals surface area contributed by atoms with Crippen LogP contribution in [-0.4, -0.2) is 12.6 Å². The van der Waals surface area contributed by atoms with Crippen LogP contribution in [0.3, 0.4) is 0 Å². The average Bonchev–Trinajstić information content (AvgIpc) is 2.83. The Bertz CT molecular complexity index is 372. The maximum atomic E-state index is 3.70. The molecular formula is C16H25NS. The summed E-state index contributed by atoms with van der Waals surface area (Å²) in [5, 5.41) is 8.23. The molecule has 1 N–H and O–H groups in total. The van der Waals surface area contributed by atoms with Crippen molar-refractivity contribution in [2.45, 2.75) is 52.0 Å². The average molecular weight is 263 g/mol. The number of nitrogens with one attached hydrogen (secondary N) is 1. The Balaban J connectivity index is 1.59. The van der Waals surface area contributed by atoms with Crippen LogP contribution in [0.15, 0.2) is 16.8 Å². The SMILES string of the molecule is CC(C)NCC1(CCc2ccsc2)CC2CC2C1. The number of aryl methyl sites for hydroxylation is 1. The molecule has 0 aromatic carbocycles. The zero-order valence-corrected chi connectivity index (χ0v) is 12.4. The first-order valence-corrected chi connectivity index (χ1v) is 8.36. The molecule has 0 radical (unpaired) electrons. The molecule has 1 heterocycles. The molecule has 3 rings (SSSR count). The monoisotopic (exact) mass is 263 g/mol. The fraction of sp³-hybridized carbons (Fsp3) is 0.750. The first kappa shape index (κ1) is 12.7. The fourth-order valence-corrected chi connectivity index (χ4v) is 4.41. The van der Waals surface area contributed by atoms with Crippen molar-refractivity contribution in [2.75, 3.05) is 6.54 Å². The number of hydrogen-bond acceptors (Lipinski definition) is 2. The van der Waals surface area contributed by atoms with E-state index >= 15 is 0 Å². The molecule has 1 nitrogen and oxygen atoms in total. The predicted molar refractivity (Wildman–Crippen MR) is 79.0 cm³/mol. The van der Waals surface area contributed by atoms with E-state index in [2.05, 4.69) is 36.0 Å². The molecule has 2 atom stereocenters. The molecule has 0 amide bonds. The molecule has 18 heavy (non-hydrogen) atoms. The van der Waals surface area contributed by atoms with Crippen molar-refractivity contribution in [1.29, 1.82) is 0 Å². The molecule has 1 aromatic heterocycles. The first-order valence-electron chi connectivity index (χ1n) is 7.41. The highest BCUT2D eigenvalue weighted by molar-refractivity contribution is 7.07. The van der Waals surface area contributed by atoms with Gasteiger partial charge >= 0.3 is 0 Å². The smallest absolute Gasteiger partial charge is 0.00106 e. The second-order valence-corrected chi connectivity index (χ2v) is 7.61. The topological polar surface area (TPSA) is 12.0 Å². The van der Waals surface area contributed by atoms with Crippen molar-refractivity contribution in [1.82, 2.24) is 5.32 Å². The zero-order valence-electron chi connectivity index (χ0n) is 11.6. The highest BCUT2D eigenvalue weighted by atomic mass is 32.1. The molecule has 0 saturated heterocycles. The van der Waals surface area contributed by atoms with Gasteiger partial charge in [-0.05, 0) is 71.7 Å². The second-order valence-electron chi connectivity index (χ2n) is 6.83. The van der Waals surface area contributed by atoms with Crippen LogP contribution in [-0.2, 0) is 6.42 Å². The van der Waals surface area contributed by atoms with Gasteiger partial charge in [0.25, 0.3) is 0 Å². The minimum atomic E-state index is 0.611. The lowest BCUT2D eigenvalue weighted by Crippen LogP contribution is -2.37. The van der Waals surface area contributed by atoms with E-state index in [-0.39, 0.29) is 0 Å². The highest BCUT2D eigenvalue weighted by Crippen LogP contribution is 2.61. The Morgan fingerprint density at radius 3 is 2.78 bits per heavy atom. The Morgan fingerprint density at radius 1 is 1.39 bits per heavy atom. The van der Waals surface area contributed by atoms with Crippen molar-refractivity contribution in [2.24, 2.45) is 17.3 Å². The van der Waals surface area contributed by atoms with Crippen LogP contribution in [0.4, 0.5) is 0 Å². The van der Waals surface area contributed by atoms with Crippen molar-refractivity contribution >= 4 is 11.3 Å². The molecule has 2 aliphatic carbocycles. The van der Waals surface area contributed by atoms with Gasteiger partial charge < -0.3 is 5.32 Å². The third kappa shape index (κ3) is 2.80. The highest BCUT2D eigenvalue weighted by Gasteiger charge is 2.52. The normalized spacial score (nSPS) is 33.9. The summed E-state index contributed by atoms with van der Waals surface area (Å²) < 4.78 is 0. The molecule has 2 saturated carbocycles. The number of hydrogen-bond donors (Lipinski definition) is 1. The number of rotatable bonds is 6. The van der Waals surface area contributed by atoms with E-state index in [1.165, 1.54) is 38.6 Å². The van der Waals surface area contributed by atoms with Crippen LogP contribution in [0.25, 0.3) is 0 Å². The summed E-state index contributed by atoms with van der Waals surface area (Å²) in [4.78, 5) is 0. The van der Waals surface area contributed by atoms with Crippen LogP contribution in [0.1, 0.15) is 45.1 Å². The lowest BCUT2D eigenvalue weighted by molar-refractivity contribution is 0.224. The molecule has 0 aliphatic heterocycles. The first-order chi connectivity index (χ1) is 8.67. The van der Waals surface area contributed by atoms with Gasteiger partial charge in [0, 0.05) is 12.6 Å². The van der Waals surface area contributed by atoms with Crippen LogP contribution in [0, 0.1) is 17.3 Å². The van der Waals surface area contributed by atoms with E-state index in [0.29, 0.717) is 11.5 Å². The molecule has 2 aliphatic rings. The Labute approximate surface area is 115 Å². The van der Waals surface area contributed by atoms with Crippen LogP contribution >= 0.6 is 11.3 Å². The van der Waals surface area contributed by atoms with Gasteiger partial charge in [-0.15, -0.1) is 0 Å². The summed E-state index contributed by atoms with van der Waals surface area (Å²) in [5.41, 5.74) is 2.16. The molecule has 2 heteroatoms. The minimum Gasteiger partial charge on any atom is -0.314 e. The molecular weight excluding hydrogens is 238 g/mol. The van der Waals surface area contributed by atoms with Crippen molar-refractivity contribution in [3.8, 4) is 0 Å². The van der Waals surface area contributed by atoms with Gasteiger partial charge in [-0.2, -0.15) is 11.3 Å². The largest absolute Gasteiger partial charge is 0.314 e. The molecule has 2 fully saturated rings. The van der Waals surface area contributed by atoms with Crippen molar-refractivity contribution in [3.63, 3.8) is 0 Å². The second kappa shape index (κ2) is 4.97. The standard InChI is InChI=1S/C16H25NS/c1-12(2)17-11-16(8-14-7-15(14)9-16)5-3-13-4-6-18-10-13/h4,6,10,12,14-15,17H,3,5,7-9,11H2,1-2H3. The summed E-state index contributed by atoms with van der Waals surface area (Å²) >= 11 is 1.83. The number of thiophene rings is 1. The molecule has 1 aromatic rings. The van der Waals surface area contributed by atoms with Crippen molar-refractivity contribution in [3.05, 3.63) is 22.4 Å². The summed E-state index contributed by atoms with van der Waals surface area (Å²) in [5.74, 6) is 2.17. The molecule has 0 bridgehead atoms. The quantitative estimate of drug-likeness (QED) is 0.815. The molecule has 100 valence electrons. The molecule has 0 spiro atoms. The van der Waals surface area contributed by atoms with E-state index in [4.69, 9.17) is 0 Å². The third-order valence-corrected chi connectivity index (χ3v) is 5.60. The third-order valence-electron chi connectivity index (χ3n) is 4.87. The van der Waals surface area contributed by atoms with Crippen LogP contribution in [0.2, 0.25) is 0 Å². The van der Waals surface area contributed by atoms with E-state index in [1.54, 1.807) is 5.56 Å². The van der Waals surface area contributed by atoms with E-state index in [1.807, 2.05) is 11.3 Å². The van der Waals surface area contributed by atoms with Gasteiger partial charge in [-0.25, -0.2) is 0 Å². The van der Waals surface area contributed by atoms with Crippen LogP contribution < -0.4 is 5.32 Å². The van der Waals surface area contributed by atoms with E-state index in [0.717, 1.165) is 11.8 Å². The Morgan fingerprint density at radius 2 is 2.17 bits per heavy atom. The minimum absolute atomic E-state index is 0.611. The lowest BCUT2D eigenvalue weighted by atomic mass is 9.78. The number of fused-ring (bicyclic) bond motifs is 1. The zero-order chi connectivity index (χ0) is 12.6. The van der Waals surface area contributed by atoms with Crippen molar-refractivity contribution < 1.29 is 0 Å². The Kier molecular flexibility index (Phi) is 3.50.